The fraction of sp³-hybridized carbons (Fsp3) is 0.476. The Hall–Kier alpha value is -2.90. The average Bonchev–Trinajstić information content (AvgIpc) is 3.00. The fourth-order valence-corrected chi connectivity index (χ4v) is 3.95. The van der Waals surface area contributed by atoms with Crippen LogP contribution in [0.4, 0.5) is 4.39 Å². The summed E-state index contributed by atoms with van der Waals surface area (Å²) in [6.45, 7) is 7.41. The van der Waals surface area contributed by atoms with E-state index in [1.54, 1.807) is 20.0 Å². The van der Waals surface area contributed by atoms with Crippen molar-refractivity contribution in [2.75, 3.05) is 0 Å². The summed E-state index contributed by atoms with van der Waals surface area (Å²) in [5.41, 5.74) is 0.224. The van der Waals surface area contributed by atoms with Crippen molar-refractivity contribution >= 4 is 11.8 Å². The smallest absolute Gasteiger partial charge is 0.273 e. The zero-order chi connectivity index (χ0) is 21.2. The maximum absolute atomic E-state index is 14.1. The van der Waals surface area contributed by atoms with Crippen molar-refractivity contribution in [3.63, 3.8) is 0 Å². The molecule has 29 heavy (non-hydrogen) atoms. The summed E-state index contributed by atoms with van der Waals surface area (Å²) in [6.07, 6.45) is 5.54. The standard InChI is InChI=1S/C21H26FN5O2/c1-5-21(27-19(29)17-15(22)7-6-13(2)25-17)9-8-20(4,12-21)26-18(28)16-11-23-10-14(3)24-16/h6-7,10-11H,5,8-9,12H2,1-4H3,(H,26,28)(H,27,29). The lowest BCUT2D eigenvalue weighted by Gasteiger charge is -2.32. The predicted molar refractivity (Wildman–Crippen MR) is 106 cm³/mol. The third-order valence-electron chi connectivity index (χ3n) is 5.54. The molecule has 0 aromatic carbocycles. The molecular formula is C21H26FN5O2. The molecule has 2 atom stereocenters. The molecule has 0 bridgehead atoms. The Bertz CT molecular complexity index is 950. The molecule has 7 nitrogen and oxygen atoms in total. The Morgan fingerprint density at radius 1 is 1.07 bits per heavy atom. The van der Waals surface area contributed by atoms with Crippen LogP contribution in [0.2, 0.25) is 0 Å². The second kappa shape index (κ2) is 7.85. The Kier molecular flexibility index (Phi) is 5.64. The van der Waals surface area contributed by atoms with Crippen LogP contribution in [0.3, 0.4) is 0 Å². The zero-order valence-corrected chi connectivity index (χ0v) is 17.2. The first kappa shape index (κ1) is 20.8. The molecular weight excluding hydrogens is 373 g/mol. The second-order valence-corrected chi connectivity index (χ2v) is 8.11. The van der Waals surface area contributed by atoms with Crippen LogP contribution >= 0.6 is 0 Å². The minimum absolute atomic E-state index is 0.203. The molecule has 8 heteroatoms. The van der Waals surface area contributed by atoms with Gasteiger partial charge in [0.05, 0.1) is 11.9 Å². The number of aryl methyl sites for hydroxylation is 2. The highest BCUT2D eigenvalue weighted by atomic mass is 19.1. The predicted octanol–water partition coefficient (Wildman–Crippen LogP) is 2.88. The van der Waals surface area contributed by atoms with Gasteiger partial charge in [-0.1, -0.05) is 6.92 Å². The average molecular weight is 399 g/mol. The van der Waals surface area contributed by atoms with Crippen LogP contribution in [0, 0.1) is 19.7 Å². The fourth-order valence-electron chi connectivity index (χ4n) is 3.95. The molecule has 2 aromatic rings. The summed E-state index contributed by atoms with van der Waals surface area (Å²) < 4.78 is 14.1. The number of aromatic nitrogens is 3. The van der Waals surface area contributed by atoms with Crippen molar-refractivity contribution in [1.29, 1.82) is 0 Å². The van der Waals surface area contributed by atoms with Crippen molar-refractivity contribution in [2.24, 2.45) is 0 Å². The molecule has 0 spiro atoms. The lowest BCUT2D eigenvalue weighted by Crippen LogP contribution is -2.51. The quantitative estimate of drug-likeness (QED) is 0.806. The van der Waals surface area contributed by atoms with Gasteiger partial charge in [0.25, 0.3) is 11.8 Å². The van der Waals surface area contributed by atoms with E-state index in [9.17, 15) is 14.0 Å². The monoisotopic (exact) mass is 399 g/mol. The molecule has 0 radical (unpaired) electrons. The van der Waals surface area contributed by atoms with Gasteiger partial charge in [-0.2, -0.15) is 0 Å². The summed E-state index contributed by atoms with van der Waals surface area (Å²) in [6, 6.07) is 2.77. The largest absolute Gasteiger partial charge is 0.345 e. The number of pyridine rings is 1. The summed E-state index contributed by atoms with van der Waals surface area (Å²) in [5, 5.41) is 6.02. The summed E-state index contributed by atoms with van der Waals surface area (Å²) in [5.74, 6) is -1.48. The highest BCUT2D eigenvalue weighted by Gasteiger charge is 2.46. The third-order valence-corrected chi connectivity index (χ3v) is 5.54. The molecule has 2 aromatic heterocycles. The van der Waals surface area contributed by atoms with Gasteiger partial charge in [-0.3, -0.25) is 14.6 Å². The lowest BCUT2D eigenvalue weighted by atomic mass is 9.90. The van der Waals surface area contributed by atoms with E-state index in [4.69, 9.17) is 0 Å². The maximum Gasteiger partial charge on any atom is 0.273 e. The first-order chi connectivity index (χ1) is 13.7. The molecule has 2 N–H and O–H groups in total. The molecule has 2 amide bonds. The van der Waals surface area contributed by atoms with E-state index >= 15 is 0 Å². The van der Waals surface area contributed by atoms with Gasteiger partial charge in [-0.05, 0) is 58.6 Å². The molecule has 1 aliphatic carbocycles. The molecule has 154 valence electrons. The van der Waals surface area contributed by atoms with E-state index in [-0.39, 0.29) is 17.3 Å². The number of nitrogens with one attached hydrogen (secondary N) is 2. The minimum Gasteiger partial charge on any atom is -0.345 e. The maximum atomic E-state index is 14.1. The number of rotatable bonds is 5. The van der Waals surface area contributed by atoms with Gasteiger partial charge in [-0.25, -0.2) is 14.4 Å². The molecule has 1 saturated carbocycles. The van der Waals surface area contributed by atoms with Crippen molar-refractivity contribution < 1.29 is 14.0 Å². The van der Waals surface area contributed by atoms with Crippen molar-refractivity contribution in [2.45, 2.75) is 64.5 Å². The van der Waals surface area contributed by atoms with E-state index in [0.717, 1.165) is 0 Å². The van der Waals surface area contributed by atoms with E-state index < -0.39 is 22.8 Å². The van der Waals surface area contributed by atoms with E-state index in [0.29, 0.717) is 37.1 Å². The van der Waals surface area contributed by atoms with Gasteiger partial charge in [0.1, 0.15) is 5.69 Å². The highest BCUT2D eigenvalue weighted by Crippen LogP contribution is 2.40. The Labute approximate surface area is 169 Å². The number of halogens is 1. The minimum atomic E-state index is -0.647. The number of hydrogen-bond acceptors (Lipinski definition) is 5. The first-order valence-electron chi connectivity index (χ1n) is 9.72. The normalized spacial score (nSPS) is 23.6. The van der Waals surface area contributed by atoms with Gasteiger partial charge >= 0.3 is 0 Å². The van der Waals surface area contributed by atoms with Crippen LogP contribution in [0.25, 0.3) is 0 Å². The van der Waals surface area contributed by atoms with Crippen LogP contribution in [-0.2, 0) is 0 Å². The van der Waals surface area contributed by atoms with Crippen LogP contribution in [-0.4, -0.2) is 37.8 Å². The summed E-state index contributed by atoms with van der Waals surface area (Å²) in [7, 11) is 0. The number of nitrogens with zero attached hydrogens (tertiary/aromatic N) is 3. The number of hydrogen-bond donors (Lipinski definition) is 2. The van der Waals surface area contributed by atoms with E-state index in [1.165, 1.54) is 18.3 Å². The highest BCUT2D eigenvalue weighted by molar-refractivity contribution is 5.93. The van der Waals surface area contributed by atoms with Gasteiger partial charge in [-0.15, -0.1) is 0 Å². The molecule has 1 aliphatic rings. The summed E-state index contributed by atoms with van der Waals surface area (Å²) in [4.78, 5) is 37.6. The Morgan fingerprint density at radius 2 is 1.83 bits per heavy atom. The molecule has 2 unspecified atom stereocenters. The van der Waals surface area contributed by atoms with E-state index in [2.05, 4.69) is 25.6 Å². The van der Waals surface area contributed by atoms with Gasteiger partial charge < -0.3 is 10.6 Å². The molecule has 1 fully saturated rings. The van der Waals surface area contributed by atoms with Gasteiger partial charge in [0.2, 0.25) is 0 Å². The third kappa shape index (κ3) is 4.58. The van der Waals surface area contributed by atoms with Crippen LogP contribution < -0.4 is 10.6 Å². The lowest BCUT2D eigenvalue weighted by molar-refractivity contribution is 0.0873. The number of carbonyl (C=O) groups is 2. The first-order valence-corrected chi connectivity index (χ1v) is 9.72. The summed E-state index contributed by atoms with van der Waals surface area (Å²) >= 11 is 0. The topological polar surface area (TPSA) is 96.9 Å². The zero-order valence-electron chi connectivity index (χ0n) is 17.2. The number of amides is 2. The molecule has 0 aliphatic heterocycles. The van der Waals surface area contributed by atoms with Crippen LogP contribution in [0.1, 0.15) is 71.9 Å². The van der Waals surface area contributed by atoms with Gasteiger partial charge in [0.15, 0.2) is 11.5 Å². The van der Waals surface area contributed by atoms with Crippen LogP contribution in [0.5, 0.6) is 0 Å². The Balaban J connectivity index is 1.74. The molecule has 3 rings (SSSR count). The van der Waals surface area contributed by atoms with Crippen molar-refractivity contribution in [1.82, 2.24) is 25.6 Å². The van der Waals surface area contributed by atoms with Crippen molar-refractivity contribution in [3.05, 3.63) is 53.1 Å². The van der Waals surface area contributed by atoms with Crippen molar-refractivity contribution in [3.8, 4) is 0 Å². The SMILES string of the molecule is CCC1(NC(=O)c2nc(C)ccc2F)CCC(C)(NC(=O)c2cncc(C)n2)C1. The Morgan fingerprint density at radius 3 is 2.52 bits per heavy atom. The number of carbonyl (C=O) groups excluding carboxylic acids is 2. The van der Waals surface area contributed by atoms with Crippen LogP contribution in [0.15, 0.2) is 24.5 Å². The van der Waals surface area contributed by atoms with Gasteiger partial charge in [0, 0.05) is 23.0 Å². The molecule has 0 saturated heterocycles. The van der Waals surface area contributed by atoms with E-state index in [1.807, 2.05) is 13.8 Å². The molecule has 2 heterocycles. The second-order valence-electron chi connectivity index (χ2n) is 8.11.